The molecule has 2 saturated heterocycles. The lowest BCUT2D eigenvalue weighted by molar-refractivity contribution is 0.352. The van der Waals surface area contributed by atoms with Crippen LogP contribution in [0, 0.1) is 25.7 Å². The van der Waals surface area contributed by atoms with Gasteiger partial charge in [-0.2, -0.15) is 0 Å². The van der Waals surface area contributed by atoms with Crippen molar-refractivity contribution < 1.29 is 0 Å². The molecule has 3 rings (SSSR count). The molecule has 19 heavy (non-hydrogen) atoms. The summed E-state index contributed by atoms with van der Waals surface area (Å²) in [5, 5.41) is 0. The van der Waals surface area contributed by atoms with E-state index in [1.807, 2.05) is 19.9 Å². The topological polar surface area (TPSA) is 53.1 Å². The highest BCUT2D eigenvalue weighted by molar-refractivity contribution is 5.34. The second-order valence-corrected chi connectivity index (χ2v) is 5.97. The lowest BCUT2D eigenvalue weighted by Crippen LogP contribution is -2.39. The third kappa shape index (κ3) is 2.58. The van der Waals surface area contributed by atoms with Crippen LogP contribution in [-0.4, -0.2) is 35.6 Å². The maximum absolute atomic E-state index is 4.57. The zero-order valence-electron chi connectivity index (χ0n) is 12.0. The van der Waals surface area contributed by atoms with Crippen LogP contribution in [0.3, 0.4) is 0 Å². The first-order chi connectivity index (χ1) is 9.13. The molecule has 0 saturated carbocycles. The average Bonchev–Trinajstić information content (AvgIpc) is 2.95. The van der Waals surface area contributed by atoms with Gasteiger partial charge >= 0.3 is 0 Å². The van der Waals surface area contributed by atoms with E-state index < -0.39 is 0 Å². The van der Waals surface area contributed by atoms with E-state index in [1.165, 1.54) is 6.42 Å². The highest BCUT2D eigenvalue weighted by atomic mass is 15.4. The zero-order valence-corrected chi connectivity index (χ0v) is 12.0. The summed E-state index contributed by atoms with van der Waals surface area (Å²) in [6.07, 6.45) is 1.22. The van der Waals surface area contributed by atoms with Gasteiger partial charge in [-0.25, -0.2) is 9.97 Å². The molecule has 3 heterocycles. The summed E-state index contributed by atoms with van der Waals surface area (Å²) in [6.45, 7) is 9.59. The fourth-order valence-electron chi connectivity index (χ4n) is 3.30. The first-order valence-corrected chi connectivity index (χ1v) is 7.19. The number of rotatable bonds is 2. The summed E-state index contributed by atoms with van der Waals surface area (Å²) in [5.41, 5.74) is 8.81. The van der Waals surface area contributed by atoms with Gasteiger partial charge in [-0.1, -0.05) is 6.92 Å². The molecule has 5 nitrogen and oxygen atoms in total. The SMILES string of the molecule is Cc1cc(C)nc(N2CCC(C3NNCC3C)C2)n1. The maximum atomic E-state index is 4.57. The van der Waals surface area contributed by atoms with Crippen LogP contribution in [0.1, 0.15) is 24.7 Å². The van der Waals surface area contributed by atoms with Crippen molar-refractivity contribution in [1.29, 1.82) is 0 Å². The lowest BCUT2D eigenvalue weighted by atomic mass is 9.90. The van der Waals surface area contributed by atoms with Crippen LogP contribution in [-0.2, 0) is 0 Å². The predicted octanol–water partition coefficient (Wildman–Crippen LogP) is 1.03. The first kappa shape index (κ1) is 12.8. The van der Waals surface area contributed by atoms with Gasteiger partial charge in [0.2, 0.25) is 5.95 Å². The van der Waals surface area contributed by atoms with Gasteiger partial charge in [-0.3, -0.25) is 10.9 Å². The number of aromatic nitrogens is 2. The molecule has 2 N–H and O–H groups in total. The van der Waals surface area contributed by atoms with Gasteiger partial charge in [-0.05, 0) is 38.2 Å². The second kappa shape index (κ2) is 5.06. The Morgan fingerprint density at radius 3 is 2.63 bits per heavy atom. The molecule has 2 aliphatic heterocycles. The summed E-state index contributed by atoms with van der Waals surface area (Å²) in [6, 6.07) is 2.61. The van der Waals surface area contributed by atoms with Crippen LogP contribution in [0.5, 0.6) is 0 Å². The number of anilines is 1. The maximum Gasteiger partial charge on any atom is 0.225 e. The third-order valence-electron chi connectivity index (χ3n) is 4.29. The molecule has 2 aliphatic rings. The highest BCUT2D eigenvalue weighted by Gasteiger charge is 2.35. The minimum absolute atomic E-state index is 0.580. The van der Waals surface area contributed by atoms with Gasteiger partial charge in [0.1, 0.15) is 0 Å². The molecule has 0 aromatic carbocycles. The van der Waals surface area contributed by atoms with Gasteiger partial charge in [0.25, 0.3) is 0 Å². The Morgan fingerprint density at radius 1 is 1.26 bits per heavy atom. The van der Waals surface area contributed by atoms with E-state index in [2.05, 4.69) is 32.6 Å². The molecule has 3 unspecified atom stereocenters. The van der Waals surface area contributed by atoms with Gasteiger partial charge < -0.3 is 4.90 Å². The van der Waals surface area contributed by atoms with Crippen molar-refractivity contribution in [1.82, 2.24) is 20.8 Å². The molecule has 1 aromatic rings. The molecule has 5 heteroatoms. The normalized spacial score (nSPS) is 31.1. The molecule has 0 radical (unpaired) electrons. The molecule has 0 aliphatic carbocycles. The van der Waals surface area contributed by atoms with Crippen molar-refractivity contribution in [2.45, 2.75) is 33.2 Å². The Kier molecular flexibility index (Phi) is 3.41. The van der Waals surface area contributed by atoms with E-state index >= 15 is 0 Å². The largest absolute Gasteiger partial charge is 0.340 e. The molecule has 2 fully saturated rings. The number of aryl methyl sites for hydroxylation is 2. The molecule has 0 bridgehead atoms. The van der Waals surface area contributed by atoms with Gasteiger partial charge in [0.15, 0.2) is 0 Å². The zero-order chi connectivity index (χ0) is 13.4. The van der Waals surface area contributed by atoms with Crippen molar-refractivity contribution in [3.05, 3.63) is 17.5 Å². The van der Waals surface area contributed by atoms with Gasteiger partial charge in [0.05, 0.1) is 0 Å². The van der Waals surface area contributed by atoms with Crippen LogP contribution in [0.2, 0.25) is 0 Å². The monoisotopic (exact) mass is 261 g/mol. The Hall–Kier alpha value is -1.20. The van der Waals surface area contributed by atoms with E-state index in [-0.39, 0.29) is 0 Å². The third-order valence-corrected chi connectivity index (χ3v) is 4.29. The molecular formula is C14H23N5. The predicted molar refractivity (Wildman–Crippen MR) is 75.9 cm³/mol. The van der Waals surface area contributed by atoms with Crippen LogP contribution >= 0.6 is 0 Å². The van der Waals surface area contributed by atoms with E-state index in [1.54, 1.807) is 0 Å². The van der Waals surface area contributed by atoms with Crippen molar-refractivity contribution in [3.8, 4) is 0 Å². The number of hydrogen-bond donors (Lipinski definition) is 2. The minimum Gasteiger partial charge on any atom is -0.340 e. The fraction of sp³-hybridized carbons (Fsp3) is 0.714. The van der Waals surface area contributed by atoms with Crippen molar-refractivity contribution in [3.63, 3.8) is 0 Å². The molecule has 0 spiro atoms. The van der Waals surface area contributed by atoms with E-state index in [0.29, 0.717) is 17.9 Å². The van der Waals surface area contributed by atoms with Crippen LogP contribution in [0.25, 0.3) is 0 Å². The Morgan fingerprint density at radius 2 is 2.00 bits per heavy atom. The summed E-state index contributed by atoms with van der Waals surface area (Å²) < 4.78 is 0. The molecular weight excluding hydrogens is 238 g/mol. The number of hydrazine groups is 1. The van der Waals surface area contributed by atoms with E-state index in [4.69, 9.17) is 0 Å². The van der Waals surface area contributed by atoms with Gasteiger partial charge in [0, 0.05) is 37.1 Å². The Bertz CT molecular complexity index is 441. The van der Waals surface area contributed by atoms with Gasteiger partial charge in [-0.15, -0.1) is 0 Å². The number of hydrogen-bond acceptors (Lipinski definition) is 5. The molecule has 1 aromatic heterocycles. The summed E-state index contributed by atoms with van der Waals surface area (Å²) in [5.74, 6) is 2.29. The quantitative estimate of drug-likeness (QED) is 0.833. The first-order valence-electron chi connectivity index (χ1n) is 7.19. The average molecular weight is 261 g/mol. The standard InChI is InChI=1S/C14H23N5/c1-9-7-15-18-13(9)12-4-5-19(8-12)14-16-10(2)6-11(3)17-14/h6,9,12-13,15,18H,4-5,7-8H2,1-3H3. The Labute approximate surface area is 114 Å². The summed E-state index contributed by atoms with van der Waals surface area (Å²) in [4.78, 5) is 11.5. The van der Waals surface area contributed by atoms with Crippen LogP contribution in [0.4, 0.5) is 5.95 Å². The molecule has 3 atom stereocenters. The lowest BCUT2D eigenvalue weighted by Gasteiger charge is -2.23. The van der Waals surface area contributed by atoms with Crippen LogP contribution in [0.15, 0.2) is 6.07 Å². The van der Waals surface area contributed by atoms with E-state index in [9.17, 15) is 0 Å². The van der Waals surface area contributed by atoms with Crippen LogP contribution < -0.4 is 15.8 Å². The summed E-state index contributed by atoms with van der Waals surface area (Å²) in [7, 11) is 0. The van der Waals surface area contributed by atoms with Crippen molar-refractivity contribution in [2.75, 3.05) is 24.5 Å². The van der Waals surface area contributed by atoms with E-state index in [0.717, 1.165) is 37.0 Å². The van der Waals surface area contributed by atoms with Crippen molar-refractivity contribution in [2.24, 2.45) is 11.8 Å². The smallest absolute Gasteiger partial charge is 0.225 e. The highest BCUT2D eigenvalue weighted by Crippen LogP contribution is 2.27. The van der Waals surface area contributed by atoms with Crippen molar-refractivity contribution >= 4 is 5.95 Å². The fourth-order valence-corrected chi connectivity index (χ4v) is 3.30. The second-order valence-electron chi connectivity index (χ2n) is 5.97. The number of nitrogens with zero attached hydrogens (tertiary/aromatic N) is 3. The Balaban J connectivity index is 1.71. The number of nitrogens with one attached hydrogen (secondary N) is 2. The molecule has 104 valence electrons. The molecule has 0 amide bonds. The minimum atomic E-state index is 0.580. The summed E-state index contributed by atoms with van der Waals surface area (Å²) >= 11 is 0.